The lowest BCUT2D eigenvalue weighted by molar-refractivity contribution is -0.122. The lowest BCUT2D eigenvalue weighted by Gasteiger charge is -2.26. The molecule has 1 aromatic heterocycles. The van der Waals surface area contributed by atoms with E-state index in [1.807, 2.05) is 24.3 Å². The van der Waals surface area contributed by atoms with E-state index in [1.165, 1.54) is 24.3 Å². The van der Waals surface area contributed by atoms with Crippen molar-refractivity contribution in [2.24, 2.45) is 0 Å². The number of carbonyl (C=O) groups is 2. The molecular weight excluding hydrogens is 432 g/mol. The van der Waals surface area contributed by atoms with Crippen molar-refractivity contribution >= 4 is 43.8 Å². The van der Waals surface area contributed by atoms with Crippen LogP contribution in [-0.2, 0) is 14.8 Å². The predicted octanol–water partition coefficient (Wildman–Crippen LogP) is 2.93. The first-order chi connectivity index (χ1) is 15.4. The van der Waals surface area contributed by atoms with Crippen molar-refractivity contribution in [1.82, 2.24) is 9.62 Å². The Labute approximate surface area is 183 Å². The topological polar surface area (TPSA) is 106 Å². The summed E-state index contributed by atoms with van der Waals surface area (Å²) >= 11 is 0. The SMILES string of the molecule is O=C1CN(S(=O)(=O)c2cccc(C(=O)Oc3ccc4oc5ccccc5c4c3)c2)CCN1. The minimum atomic E-state index is -3.92. The van der Waals surface area contributed by atoms with Gasteiger partial charge in [-0.15, -0.1) is 0 Å². The Morgan fingerprint density at radius 2 is 1.78 bits per heavy atom. The van der Waals surface area contributed by atoms with Gasteiger partial charge in [-0.25, -0.2) is 13.2 Å². The highest BCUT2D eigenvalue weighted by Crippen LogP contribution is 2.31. The molecule has 162 valence electrons. The molecule has 1 amide bonds. The van der Waals surface area contributed by atoms with Gasteiger partial charge in [0, 0.05) is 23.9 Å². The second kappa shape index (κ2) is 7.77. The number of amides is 1. The molecule has 0 saturated carbocycles. The lowest BCUT2D eigenvalue weighted by Crippen LogP contribution is -2.49. The van der Waals surface area contributed by atoms with Crippen molar-refractivity contribution in [3.05, 3.63) is 72.3 Å². The van der Waals surface area contributed by atoms with Gasteiger partial charge < -0.3 is 14.5 Å². The van der Waals surface area contributed by atoms with Gasteiger partial charge in [0.2, 0.25) is 15.9 Å². The summed E-state index contributed by atoms with van der Waals surface area (Å²) in [5, 5.41) is 4.30. The molecule has 2 heterocycles. The summed E-state index contributed by atoms with van der Waals surface area (Å²) in [6, 6.07) is 18.2. The molecule has 32 heavy (non-hydrogen) atoms. The molecular formula is C23H18N2O6S. The zero-order chi connectivity index (χ0) is 22.3. The van der Waals surface area contributed by atoms with Crippen molar-refractivity contribution < 1.29 is 27.2 Å². The number of ether oxygens (including phenoxy) is 1. The highest BCUT2D eigenvalue weighted by molar-refractivity contribution is 7.89. The molecule has 5 rings (SSSR count). The molecule has 0 radical (unpaired) electrons. The van der Waals surface area contributed by atoms with Crippen LogP contribution in [0.5, 0.6) is 5.75 Å². The minimum Gasteiger partial charge on any atom is -0.456 e. The number of para-hydroxylation sites is 1. The largest absolute Gasteiger partial charge is 0.456 e. The van der Waals surface area contributed by atoms with Gasteiger partial charge in [0.1, 0.15) is 16.9 Å². The van der Waals surface area contributed by atoms with Crippen LogP contribution in [0.15, 0.2) is 76.0 Å². The van der Waals surface area contributed by atoms with E-state index < -0.39 is 16.0 Å². The van der Waals surface area contributed by atoms with E-state index in [4.69, 9.17) is 9.15 Å². The summed E-state index contributed by atoms with van der Waals surface area (Å²) in [5.41, 5.74) is 1.49. The van der Waals surface area contributed by atoms with Gasteiger partial charge in [-0.3, -0.25) is 4.79 Å². The zero-order valence-electron chi connectivity index (χ0n) is 16.8. The predicted molar refractivity (Wildman–Crippen MR) is 117 cm³/mol. The van der Waals surface area contributed by atoms with Gasteiger partial charge in [-0.2, -0.15) is 4.31 Å². The molecule has 1 fully saturated rings. The fourth-order valence-corrected chi connectivity index (χ4v) is 5.13. The molecule has 0 spiro atoms. The molecule has 0 aliphatic carbocycles. The fourth-order valence-electron chi connectivity index (χ4n) is 3.69. The molecule has 1 aliphatic heterocycles. The molecule has 3 aromatic carbocycles. The van der Waals surface area contributed by atoms with Crippen LogP contribution in [0.4, 0.5) is 0 Å². The Bertz CT molecular complexity index is 1470. The maximum atomic E-state index is 12.9. The lowest BCUT2D eigenvalue weighted by atomic mass is 10.1. The van der Waals surface area contributed by atoms with E-state index in [1.54, 1.807) is 18.2 Å². The summed E-state index contributed by atoms with van der Waals surface area (Å²) < 4.78 is 38.2. The van der Waals surface area contributed by atoms with Crippen LogP contribution >= 0.6 is 0 Å². The second-order valence-electron chi connectivity index (χ2n) is 7.36. The van der Waals surface area contributed by atoms with Crippen molar-refractivity contribution in [1.29, 1.82) is 0 Å². The summed E-state index contributed by atoms with van der Waals surface area (Å²) in [7, 11) is -3.92. The van der Waals surface area contributed by atoms with Crippen LogP contribution in [0.25, 0.3) is 21.9 Å². The van der Waals surface area contributed by atoms with Crippen molar-refractivity contribution in [3.63, 3.8) is 0 Å². The fraction of sp³-hybridized carbons (Fsp3) is 0.130. The third-order valence-electron chi connectivity index (χ3n) is 5.27. The molecule has 0 bridgehead atoms. The molecule has 9 heteroatoms. The van der Waals surface area contributed by atoms with E-state index in [-0.39, 0.29) is 36.0 Å². The number of benzene rings is 3. The summed E-state index contributed by atoms with van der Waals surface area (Å²) in [6.45, 7) is 0.155. The number of rotatable bonds is 4. The molecule has 1 N–H and O–H groups in total. The number of sulfonamides is 1. The highest BCUT2D eigenvalue weighted by Gasteiger charge is 2.29. The van der Waals surface area contributed by atoms with Crippen LogP contribution in [0.1, 0.15) is 10.4 Å². The Balaban J connectivity index is 1.41. The van der Waals surface area contributed by atoms with Crippen LogP contribution in [0, 0.1) is 0 Å². The number of hydrogen-bond donors (Lipinski definition) is 1. The van der Waals surface area contributed by atoms with E-state index >= 15 is 0 Å². The van der Waals surface area contributed by atoms with E-state index in [0.29, 0.717) is 11.3 Å². The third kappa shape index (κ3) is 3.61. The number of esters is 1. The average Bonchev–Trinajstić information content (AvgIpc) is 3.17. The van der Waals surface area contributed by atoms with Crippen LogP contribution in [0.3, 0.4) is 0 Å². The van der Waals surface area contributed by atoms with Crippen LogP contribution in [0.2, 0.25) is 0 Å². The minimum absolute atomic E-state index is 0.0714. The van der Waals surface area contributed by atoms with Gasteiger partial charge in [-0.1, -0.05) is 24.3 Å². The van der Waals surface area contributed by atoms with E-state index in [2.05, 4.69) is 5.32 Å². The first kappa shape index (κ1) is 20.2. The molecule has 8 nitrogen and oxygen atoms in total. The van der Waals surface area contributed by atoms with Gasteiger partial charge in [0.05, 0.1) is 17.0 Å². The maximum Gasteiger partial charge on any atom is 0.343 e. The number of piperazine rings is 1. The number of carbonyl (C=O) groups excluding carboxylic acids is 2. The number of nitrogens with one attached hydrogen (secondary N) is 1. The first-order valence-corrected chi connectivity index (χ1v) is 11.4. The van der Waals surface area contributed by atoms with E-state index in [9.17, 15) is 18.0 Å². The van der Waals surface area contributed by atoms with Gasteiger partial charge >= 0.3 is 5.97 Å². The van der Waals surface area contributed by atoms with Crippen LogP contribution < -0.4 is 10.1 Å². The summed E-state index contributed by atoms with van der Waals surface area (Å²) in [4.78, 5) is 24.3. The summed E-state index contributed by atoms with van der Waals surface area (Å²) in [5.74, 6) is -0.738. The Morgan fingerprint density at radius 1 is 0.969 bits per heavy atom. The quantitative estimate of drug-likeness (QED) is 0.379. The van der Waals surface area contributed by atoms with E-state index in [0.717, 1.165) is 20.7 Å². The highest BCUT2D eigenvalue weighted by atomic mass is 32.2. The average molecular weight is 450 g/mol. The molecule has 1 aliphatic rings. The normalized spacial score (nSPS) is 15.1. The number of fused-ring (bicyclic) bond motifs is 3. The third-order valence-corrected chi connectivity index (χ3v) is 7.11. The first-order valence-electron chi connectivity index (χ1n) is 9.92. The molecule has 0 atom stereocenters. The number of nitrogens with zero attached hydrogens (tertiary/aromatic N) is 1. The van der Waals surface area contributed by atoms with Gasteiger partial charge in [-0.05, 0) is 42.5 Å². The Hall–Kier alpha value is -3.69. The smallest absolute Gasteiger partial charge is 0.343 e. The summed E-state index contributed by atoms with van der Waals surface area (Å²) in [6.07, 6.45) is 0. The Morgan fingerprint density at radius 3 is 2.62 bits per heavy atom. The van der Waals surface area contributed by atoms with Crippen molar-refractivity contribution in [2.75, 3.05) is 19.6 Å². The number of furan rings is 1. The van der Waals surface area contributed by atoms with Gasteiger partial charge in [0.25, 0.3) is 0 Å². The van der Waals surface area contributed by atoms with Crippen molar-refractivity contribution in [2.45, 2.75) is 4.90 Å². The second-order valence-corrected chi connectivity index (χ2v) is 9.30. The molecule has 0 unspecified atom stereocenters. The van der Waals surface area contributed by atoms with Gasteiger partial charge in [0.15, 0.2) is 0 Å². The molecule has 1 saturated heterocycles. The zero-order valence-corrected chi connectivity index (χ0v) is 17.6. The number of hydrogen-bond acceptors (Lipinski definition) is 6. The molecule has 4 aromatic rings. The van der Waals surface area contributed by atoms with Crippen LogP contribution in [-0.4, -0.2) is 44.2 Å². The Kier molecular flexibility index (Phi) is 4.91. The monoisotopic (exact) mass is 450 g/mol. The maximum absolute atomic E-state index is 12.9. The standard InChI is InChI=1S/C23H18N2O6S/c26-22-14-25(11-10-24-22)32(28,29)17-5-3-4-15(12-17)23(27)30-16-8-9-21-19(13-16)18-6-1-2-7-20(18)31-21/h1-9,12-13H,10-11,14H2,(H,24,26). The van der Waals surface area contributed by atoms with Crippen molar-refractivity contribution in [3.8, 4) is 5.75 Å².